The number of halogens is 1. The first kappa shape index (κ1) is 23.4. The van der Waals surface area contributed by atoms with Crippen LogP contribution in [0.15, 0.2) is 30.3 Å². The highest BCUT2D eigenvalue weighted by molar-refractivity contribution is 6.37. The van der Waals surface area contributed by atoms with Crippen molar-refractivity contribution in [3.05, 3.63) is 40.9 Å². The molecule has 2 aliphatic carbocycles. The maximum absolute atomic E-state index is 11.4. The number of carboxylic acid groups (broad SMARTS) is 1. The highest BCUT2D eigenvalue weighted by Gasteiger charge is 2.52. The summed E-state index contributed by atoms with van der Waals surface area (Å²) >= 11 is 6.83. The Morgan fingerprint density at radius 2 is 1.91 bits per heavy atom. The lowest BCUT2D eigenvalue weighted by molar-refractivity contribution is -0.155. The van der Waals surface area contributed by atoms with Crippen LogP contribution in [0.1, 0.15) is 77.8 Å². The molecule has 2 aliphatic rings. The second-order valence-electron chi connectivity index (χ2n) is 10.4. The minimum atomic E-state index is -0.700. The smallest absolute Gasteiger partial charge is 0.307 e. The molecule has 2 unspecified atom stereocenters. The van der Waals surface area contributed by atoms with E-state index in [9.17, 15) is 9.90 Å². The van der Waals surface area contributed by atoms with Crippen LogP contribution in [0.3, 0.4) is 0 Å². The van der Waals surface area contributed by atoms with Crippen LogP contribution in [0.25, 0.3) is 10.8 Å². The molecule has 0 aromatic heterocycles. The maximum atomic E-state index is 11.4. The minimum Gasteiger partial charge on any atom is -0.489 e. The number of carbonyl (C=O) groups is 1. The van der Waals surface area contributed by atoms with E-state index in [1.165, 1.54) is 19.3 Å². The van der Waals surface area contributed by atoms with Crippen molar-refractivity contribution in [2.24, 2.45) is 17.3 Å². The summed E-state index contributed by atoms with van der Waals surface area (Å²) in [5, 5.41) is 15.8. The van der Waals surface area contributed by atoms with Crippen molar-refractivity contribution >= 4 is 28.3 Å². The monoisotopic (exact) mass is 457 g/mol. The van der Waals surface area contributed by atoms with Gasteiger partial charge in [0.05, 0.1) is 17.0 Å². The largest absolute Gasteiger partial charge is 0.489 e. The maximum Gasteiger partial charge on any atom is 0.307 e. The zero-order chi connectivity index (χ0) is 23.0. The van der Waals surface area contributed by atoms with Gasteiger partial charge in [0.15, 0.2) is 0 Å². The van der Waals surface area contributed by atoms with Gasteiger partial charge >= 0.3 is 5.97 Å². The summed E-state index contributed by atoms with van der Waals surface area (Å²) in [7, 11) is 0. The van der Waals surface area contributed by atoms with E-state index in [0.29, 0.717) is 11.4 Å². The molecular weight excluding hydrogens is 422 g/mol. The molecule has 32 heavy (non-hydrogen) atoms. The Bertz CT molecular complexity index is 980. The van der Waals surface area contributed by atoms with Gasteiger partial charge < -0.3 is 15.2 Å². The van der Waals surface area contributed by atoms with Crippen LogP contribution in [0.5, 0.6) is 5.75 Å². The summed E-state index contributed by atoms with van der Waals surface area (Å²) in [5.41, 5.74) is 0.890. The molecule has 0 aliphatic heterocycles. The molecule has 0 bridgehead atoms. The summed E-state index contributed by atoms with van der Waals surface area (Å²) in [6.45, 7) is 8.48. The SMILES string of the molecule is CCC1CCC(Oc2ccc3ccc(C(C)NC4C[C@@H](C(=O)O)C4(C)C)cc3c2Cl)CC1. The van der Waals surface area contributed by atoms with Gasteiger partial charge in [-0.25, -0.2) is 0 Å². The second-order valence-corrected chi connectivity index (χ2v) is 10.8. The quantitative estimate of drug-likeness (QED) is 0.470. The van der Waals surface area contributed by atoms with E-state index < -0.39 is 5.97 Å². The molecule has 2 saturated carbocycles. The number of benzene rings is 2. The van der Waals surface area contributed by atoms with Gasteiger partial charge in [-0.1, -0.05) is 57.0 Å². The number of carboxylic acids is 1. The fourth-order valence-corrected chi connectivity index (χ4v) is 5.78. The molecule has 4 nitrogen and oxygen atoms in total. The molecule has 0 saturated heterocycles. The first-order valence-electron chi connectivity index (χ1n) is 12.1. The van der Waals surface area contributed by atoms with Crippen LogP contribution in [-0.4, -0.2) is 23.2 Å². The summed E-state index contributed by atoms with van der Waals surface area (Å²) in [6, 6.07) is 10.8. The van der Waals surface area contributed by atoms with Crippen molar-refractivity contribution in [3.63, 3.8) is 0 Å². The number of aliphatic carboxylic acids is 1. The minimum absolute atomic E-state index is 0.100. The molecular formula is C27H36ClNO3. The highest BCUT2D eigenvalue weighted by atomic mass is 35.5. The number of nitrogens with one attached hydrogen (secondary N) is 1. The lowest BCUT2D eigenvalue weighted by atomic mass is 9.58. The van der Waals surface area contributed by atoms with Crippen LogP contribution < -0.4 is 10.1 Å². The van der Waals surface area contributed by atoms with E-state index in [0.717, 1.165) is 40.8 Å². The Labute approximate surface area is 196 Å². The van der Waals surface area contributed by atoms with E-state index in [4.69, 9.17) is 16.3 Å². The zero-order valence-electron chi connectivity index (χ0n) is 19.7. The molecule has 2 fully saturated rings. The number of fused-ring (bicyclic) bond motifs is 1. The average molecular weight is 458 g/mol. The highest BCUT2D eigenvalue weighted by Crippen LogP contribution is 2.47. The molecule has 0 amide bonds. The van der Waals surface area contributed by atoms with Crippen LogP contribution in [-0.2, 0) is 4.79 Å². The van der Waals surface area contributed by atoms with Crippen LogP contribution in [0.4, 0.5) is 0 Å². The molecule has 4 rings (SSSR count). The van der Waals surface area contributed by atoms with Crippen LogP contribution in [0, 0.1) is 17.3 Å². The Kier molecular flexibility index (Phi) is 6.74. The van der Waals surface area contributed by atoms with Crippen molar-refractivity contribution in [3.8, 4) is 5.75 Å². The van der Waals surface area contributed by atoms with Crippen molar-refractivity contribution in [1.82, 2.24) is 5.32 Å². The predicted octanol–water partition coefficient (Wildman–Crippen LogP) is 6.99. The van der Waals surface area contributed by atoms with E-state index in [-0.39, 0.29) is 29.5 Å². The van der Waals surface area contributed by atoms with Crippen molar-refractivity contribution in [1.29, 1.82) is 0 Å². The van der Waals surface area contributed by atoms with Gasteiger partial charge in [-0.2, -0.15) is 0 Å². The molecule has 0 heterocycles. The molecule has 0 spiro atoms. The molecule has 2 aromatic rings. The molecule has 5 heteroatoms. The third kappa shape index (κ3) is 4.49. The zero-order valence-corrected chi connectivity index (χ0v) is 20.4. The summed E-state index contributed by atoms with van der Waals surface area (Å²) < 4.78 is 6.34. The third-order valence-electron chi connectivity index (χ3n) is 8.13. The Balaban J connectivity index is 1.48. The molecule has 2 N–H and O–H groups in total. The Morgan fingerprint density at radius 3 is 2.53 bits per heavy atom. The van der Waals surface area contributed by atoms with Gasteiger partial charge in [-0.05, 0) is 73.4 Å². The summed E-state index contributed by atoms with van der Waals surface area (Å²) in [5.74, 6) is 0.630. The molecule has 174 valence electrons. The van der Waals surface area contributed by atoms with Crippen molar-refractivity contribution in [2.75, 3.05) is 0 Å². The first-order valence-corrected chi connectivity index (χ1v) is 12.5. The lowest BCUT2D eigenvalue weighted by Crippen LogP contribution is -2.59. The first-order chi connectivity index (χ1) is 15.2. The van der Waals surface area contributed by atoms with Crippen molar-refractivity contribution in [2.45, 2.75) is 84.4 Å². The predicted molar refractivity (Wildman–Crippen MR) is 130 cm³/mol. The number of hydrogen-bond donors (Lipinski definition) is 2. The fourth-order valence-electron chi connectivity index (χ4n) is 5.50. The summed E-state index contributed by atoms with van der Waals surface area (Å²) in [6.07, 6.45) is 6.84. The fraction of sp³-hybridized carbons (Fsp3) is 0.593. The van der Waals surface area contributed by atoms with E-state index in [2.05, 4.69) is 43.4 Å². The Hall–Kier alpha value is -1.78. The number of ether oxygens (including phenoxy) is 1. The molecule has 3 atom stereocenters. The molecule has 0 radical (unpaired) electrons. The summed E-state index contributed by atoms with van der Waals surface area (Å²) in [4.78, 5) is 11.4. The van der Waals surface area contributed by atoms with Gasteiger partial charge in [-0.15, -0.1) is 0 Å². The van der Waals surface area contributed by atoms with E-state index in [1.54, 1.807) is 0 Å². The standard InChI is InChI=1S/C27H36ClNO3/c1-5-17-6-11-20(12-7-17)32-23-13-10-18-8-9-19(14-21(18)25(23)28)16(2)29-24-15-22(26(30)31)27(24,3)4/h8-10,13-14,16-17,20,22,24,29H,5-7,11-12,15H2,1-4H3,(H,30,31)/t16?,17?,20?,22-,24?/m0/s1. The van der Waals surface area contributed by atoms with E-state index >= 15 is 0 Å². The van der Waals surface area contributed by atoms with Gasteiger partial charge in [0.1, 0.15) is 5.75 Å². The van der Waals surface area contributed by atoms with Crippen LogP contribution >= 0.6 is 11.6 Å². The second kappa shape index (κ2) is 9.23. The third-order valence-corrected chi connectivity index (χ3v) is 8.52. The van der Waals surface area contributed by atoms with Crippen molar-refractivity contribution < 1.29 is 14.6 Å². The lowest BCUT2D eigenvalue weighted by Gasteiger charge is -2.51. The van der Waals surface area contributed by atoms with Gasteiger partial charge in [0.2, 0.25) is 0 Å². The van der Waals surface area contributed by atoms with E-state index in [1.807, 2.05) is 19.9 Å². The normalized spacial score (nSPS) is 28.2. The number of hydrogen-bond acceptors (Lipinski definition) is 3. The van der Waals surface area contributed by atoms with Gasteiger partial charge in [0.25, 0.3) is 0 Å². The molecule has 2 aromatic carbocycles. The van der Waals surface area contributed by atoms with Gasteiger partial charge in [0, 0.05) is 17.5 Å². The Morgan fingerprint density at radius 1 is 1.22 bits per heavy atom. The average Bonchev–Trinajstić information content (AvgIpc) is 2.78. The number of rotatable bonds is 7. The van der Waals surface area contributed by atoms with Crippen LogP contribution in [0.2, 0.25) is 5.02 Å². The van der Waals surface area contributed by atoms with Gasteiger partial charge in [-0.3, -0.25) is 4.79 Å². The topological polar surface area (TPSA) is 58.6 Å².